The summed E-state index contributed by atoms with van der Waals surface area (Å²) < 4.78 is 26.5. The van der Waals surface area contributed by atoms with E-state index in [2.05, 4.69) is 10.2 Å². The van der Waals surface area contributed by atoms with E-state index in [0.29, 0.717) is 12.0 Å². The molecule has 148 valence electrons. The number of halogens is 2. The van der Waals surface area contributed by atoms with Crippen molar-refractivity contribution >= 4 is 11.8 Å². The van der Waals surface area contributed by atoms with Gasteiger partial charge in [0.15, 0.2) is 0 Å². The van der Waals surface area contributed by atoms with Crippen molar-refractivity contribution in [3.8, 4) is 0 Å². The van der Waals surface area contributed by atoms with Crippen LogP contribution < -0.4 is 5.32 Å². The summed E-state index contributed by atoms with van der Waals surface area (Å²) in [4.78, 5) is 28.6. The zero-order valence-electron chi connectivity index (χ0n) is 15.6. The molecule has 3 rings (SSSR count). The lowest BCUT2D eigenvalue weighted by Gasteiger charge is -2.34. The van der Waals surface area contributed by atoms with E-state index < -0.39 is 17.5 Å². The van der Waals surface area contributed by atoms with Crippen LogP contribution in [0.1, 0.15) is 42.5 Å². The number of rotatable bonds is 6. The molecule has 0 unspecified atom stereocenters. The minimum Gasteiger partial charge on any atom is -0.351 e. The summed E-state index contributed by atoms with van der Waals surface area (Å²) in [5.74, 6) is -1.60. The van der Waals surface area contributed by atoms with Crippen LogP contribution in [-0.2, 0) is 4.79 Å². The summed E-state index contributed by atoms with van der Waals surface area (Å²) in [6, 6.07) is 2.81. The Morgan fingerprint density at radius 1 is 1.07 bits per heavy atom. The predicted molar refractivity (Wildman–Crippen MR) is 98.3 cm³/mol. The van der Waals surface area contributed by atoms with Gasteiger partial charge in [0.1, 0.15) is 11.6 Å². The van der Waals surface area contributed by atoms with E-state index in [-0.39, 0.29) is 24.4 Å². The van der Waals surface area contributed by atoms with E-state index >= 15 is 0 Å². The van der Waals surface area contributed by atoms with Crippen LogP contribution in [0.25, 0.3) is 0 Å². The van der Waals surface area contributed by atoms with Crippen molar-refractivity contribution in [1.29, 1.82) is 0 Å². The second-order valence-electron chi connectivity index (χ2n) is 7.46. The maximum Gasteiger partial charge on any atom is 0.254 e. The van der Waals surface area contributed by atoms with Crippen molar-refractivity contribution in [3.63, 3.8) is 0 Å². The van der Waals surface area contributed by atoms with Crippen LogP contribution in [-0.4, -0.2) is 60.9 Å². The van der Waals surface area contributed by atoms with E-state index in [0.717, 1.165) is 44.6 Å². The fraction of sp³-hybridized carbons (Fsp3) is 0.600. The van der Waals surface area contributed by atoms with Crippen LogP contribution in [0.15, 0.2) is 18.2 Å². The number of benzene rings is 1. The van der Waals surface area contributed by atoms with Gasteiger partial charge in [0.2, 0.25) is 5.91 Å². The van der Waals surface area contributed by atoms with Gasteiger partial charge in [-0.3, -0.25) is 9.59 Å². The van der Waals surface area contributed by atoms with Crippen LogP contribution in [0.2, 0.25) is 0 Å². The lowest BCUT2D eigenvalue weighted by molar-refractivity contribution is -0.132. The average Bonchev–Trinajstić information content (AvgIpc) is 3.15. The number of piperidine rings is 1. The molecular weight excluding hydrogens is 352 g/mol. The van der Waals surface area contributed by atoms with E-state index in [9.17, 15) is 18.4 Å². The molecule has 1 N–H and O–H groups in total. The molecule has 2 amide bonds. The van der Waals surface area contributed by atoms with Gasteiger partial charge in [-0.1, -0.05) is 0 Å². The highest BCUT2D eigenvalue weighted by Crippen LogP contribution is 2.21. The zero-order chi connectivity index (χ0) is 19.2. The van der Waals surface area contributed by atoms with Crippen LogP contribution in [0.5, 0.6) is 0 Å². The molecule has 0 aliphatic carbocycles. The maximum atomic E-state index is 13.6. The summed E-state index contributed by atoms with van der Waals surface area (Å²) in [5.41, 5.74) is -0.216. The molecule has 27 heavy (non-hydrogen) atoms. The number of nitrogens with zero attached hydrogens (tertiary/aromatic N) is 2. The van der Waals surface area contributed by atoms with Gasteiger partial charge in [-0.15, -0.1) is 0 Å². The van der Waals surface area contributed by atoms with E-state index in [4.69, 9.17) is 0 Å². The Morgan fingerprint density at radius 3 is 2.44 bits per heavy atom. The fourth-order valence-corrected chi connectivity index (χ4v) is 3.91. The first kappa shape index (κ1) is 19.7. The molecule has 5 nitrogen and oxygen atoms in total. The first-order chi connectivity index (χ1) is 13.0. The van der Waals surface area contributed by atoms with Gasteiger partial charge in [-0.2, -0.15) is 0 Å². The molecule has 2 fully saturated rings. The normalized spacial score (nSPS) is 18.7. The van der Waals surface area contributed by atoms with E-state index in [1.807, 2.05) is 4.90 Å². The third-order valence-electron chi connectivity index (χ3n) is 5.48. The molecule has 2 heterocycles. The second kappa shape index (κ2) is 9.26. The highest BCUT2D eigenvalue weighted by Gasteiger charge is 2.25. The topological polar surface area (TPSA) is 52.7 Å². The van der Waals surface area contributed by atoms with Crippen molar-refractivity contribution in [3.05, 3.63) is 35.4 Å². The van der Waals surface area contributed by atoms with Gasteiger partial charge in [-0.05, 0) is 56.8 Å². The molecular formula is C20H27F2N3O2. The Labute approximate surface area is 158 Å². The lowest BCUT2D eigenvalue weighted by Crippen LogP contribution is -2.42. The summed E-state index contributed by atoms with van der Waals surface area (Å²) in [7, 11) is 0. The fourth-order valence-electron chi connectivity index (χ4n) is 3.91. The highest BCUT2D eigenvalue weighted by molar-refractivity contribution is 5.94. The van der Waals surface area contributed by atoms with Crippen molar-refractivity contribution in [2.24, 2.45) is 5.92 Å². The predicted octanol–water partition coefficient (Wildman–Crippen LogP) is 2.42. The number of nitrogens with one attached hydrogen (secondary N) is 1. The molecule has 7 heteroatoms. The van der Waals surface area contributed by atoms with Crippen LogP contribution in [0, 0.1) is 17.6 Å². The highest BCUT2D eigenvalue weighted by atomic mass is 19.1. The molecule has 1 aromatic rings. The smallest absolute Gasteiger partial charge is 0.254 e. The minimum atomic E-state index is -0.904. The third kappa shape index (κ3) is 5.48. The molecule has 2 aliphatic heterocycles. The van der Waals surface area contributed by atoms with E-state index in [1.165, 1.54) is 25.9 Å². The van der Waals surface area contributed by atoms with Gasteiger partial charge < -0.3 is 15.1 Å². The molecule has 0 spiro atoms. The maximum absolute atomic E-state index is 13.6. The summed E-state index contributed by atoms with van der Waals surface area (Å²) in [6.07, 6.45) is 4.83. The van der Waals surface area contributed by atoms with Crippen molar-refractivity contribution in [2.45, 2.75) is 32.1 Å². The van der Waals surface area contributed by atoms with Gasteiger partial charge in [0.25, 0.3) is 5.91 Å². The SMILES string of the molecule is O=C(NCCC(=O)N1CCC(CN2CCCC2)CC1)c1ccc(F)cc1F. The molecule has 0 bridgehead atoms. The summed E-state index contributed by atoms with van der Waals surface area (Å²) >= 11 is 0. The Balaban J connectivity index is 1.36. The van der Waals surface area contributed by atoms with Crippen LogP contribution in [0.4, 0.5) is 8.78 Å². The Morgan fingerprint density at radius 2 is 1.78 bits per heavy atom. The Bertz CT molecular complexity index is 669. The van der Waals surface area contributed by atoms with Crippen molar-refractivity contribution < 1.29 is 18.4 Å². The second-order valence-corrected chi connectivity index (χ2v) is 7.46. The quantitative estimate of drug-likeness (QED) is 0.826. The minimum absolute atomic E-state index is 0.00880. The zero-order valence-corrected chi connectivity index (χ0v) is 15.6. The largest absolute Gasteiger partial charge is 0.351 e. The Kier molecular flexibility index (Phi) is 6.77. The van der Waals surface area contributed by atoms with Crippen molar-refractivity contribution in [1.82, 2.24) is 15.1 Å². The monoisotopic (exact) mass is 379 g/mol. The first-order valence-electron chi connectivity index (χ1n) is 9.76. The summed E-state index contributed by atoms with van der Waals surface area (Å²) in [6.45, 7) is 5.21. The molecule has 2 saturated heterocycles. The number of carbonyl (C=O) groups is 2. The van der Waals surface area contributed by atoms with Gasteiger partial charge >= 0.3 is 0 Å². The Hall–Kier alpha value is -2.02. The lowest BCUT2D eigenvalue weighted by atomic mass is 9.96. The van der Waals surface area contributed by atoms with Crippen LogP contribution >= 0.6 is 0 Å². The molecule has 1 aromatic carbocycles. The molecule has 2 aliphatic rings. The van der Waals surface area contributed by atoms with Gasteiger partial charge in [0.05, 0.1) is 5.56 Å². The summed E-state index contributed by atoms with van der Waals surface area (Å²) in [5, 5.41) is 2.53. The van der Waals surface area contributed by atoms with Gasteiger partial charge in [-0.25, -0.2) is 8.78 Å². The van der Waals surface area contributed by atoms with Crippen LogP contribution in [0.3, 0.4) is 0 Å². The van der Waals surface area contributed by atoms with Gasteiger partial charge in [0, 0.05) is 38.7 Å². The number of carbonyl (C=O) groups excluding carboxylic acids is 2. The number of amides is 2. The standard InChI is InChI=1S/C20H27F2N3O2/c21-16-3-4-17(18(22)13-16)20(27)23-8-5-19(26)25-11-6-15(7-12-25)14-24-9-1-2-10-24/h3-4,13,15H,1-2,5-12,14H2,(H,23,27). The molecule has 0 atom stereocenters. The first-order valence-corrected chi connectivity index (χ1v) is 9.76. The number of likely N-dealkylation sites (tertiary alicyclic amines) is 2. The average molecular weight is 379 g/mol. The number of hydrogen-bond acceptors (Lipinski definition) is 3. The van der Waals surface area contributed by atoms with Crippen molar-refractivity contribution in [2.75, 3.05) is 39.3 Å². The van der Waals surface area contributed by atoms with E-state index in [1.54, 1.807) is 0 Å². The molecule has 0 aromatic heterocycles. The molecule has 0 radical (unpaired) electrons. The molecule has 0 saturated carbocycles. The third-order valence-corrected chi connectivity index (χ3v) is 5.48. The number of hydrogen-bond donors (Lipinski definition) is 1.